The van der Waals surface area contributed by atoms with Crippen LogP contribution in [0.1, 0.15) is 12.0 Å². The molecule has 1 aromatic rings. The smallest absolute Gasteiger partial charge is 0.151 e. The first-order valence-corrected chi connectivity index (χ1v) is 7.18. The van der Waals surface area contributed by atoms with Crippen molar-refractivity contribution in [1.82, 2.24) is 9.88 Å². The van der Waals surface area contributed by atoms with Crippen LogP contribution in [0.4, 0.5) is 0 Å². The van der Waals surface area contributed by atoms with Gasteiger partial charge in [0.1, 0.15) is 0 Å². The van der Waals surface area contributed by atoms with Crippen LogP contribution in [0.25, 0.3) is 0 Å². The minimum Gasteiger partial charge on any atom is -0.298 e. The Balaban J connectivity index is 1.97. The van der Waals surface area contributed by atoms with E-state index in [2.05, 4.69) is 9.88 Å². The van der Waals surface area contributed by atoms with Gasteiger partial charge in [0.2, 0.25) is 0 Å². The number of hydrogen-bond acceptors (Lipinski definition) is 4. The van der Waals surface area contributed by atoms with E-state index >= 15 is 0 Å². The van der Waals surface area contributed by atoms with Crippen molar-refractivity contribution >= 4 is 9.84 Å². The van der Waals surface area contributed by atoms with E-state index in [1.54, 1.807) is 6.20 Å². The second-order valence-corrected chi connectivity index (χ2v) is 6.56. The maximum Gasteiger partial charge on any atom is 0.151 e. The second-order valence-electron chi connectivity index (χ2n) is 4.33. The monoisotopic (exact) mass is 240 g/mol. The van der Waals surface area contributed by atoms with Gasteiger partial charge in [-0.15, -0.1) is 0 Å². The predicted molar refractivity (Wildman–Crippen MR) is 62.8 cm³/mol. The van der Waals surface area contributed by atoms with E-state index < -0.39 is 9.84 Å². The summed E-state index contributed by atoms with van der Waals surface area (Å²) in [6.07, 6.45) is 4.31. The van der Waals surface area contributed by atoms with E-state index in [0.29, 0.717) is 11.5 Å². The summed E-state index contributed by atoms with van der Waals surface area (Å²) in [7, 11) is -0.819. The molecule has 16 heavy (non-hydrogen) atoms. The molecule has 88 valence electrons. The highest BCUT2D eigenvalue weighted by atomic mass is 32.2. The standard InChI is InChI=1S/C11H16N2O2S/c1-13(8-10-3-2-5-12-7-10)11-4-6-16(14,15)9-11/h2-3,5,7,11H,4,6,8-9H2,1H3. The van der Waals surface area contributed by atoms with Crippen molar-refractivity contribution in [3.8, 4) is 0 Å². The summed E-state index contributed by atoms with van der Waals surface area (Å²) < 4.78 is 22.7. The zero-order valence-corrected chi connectivity index (χ0v) is 10.2. The molecule has 1 aliphatic rings. The van der Waals surface area contributed by atoms with Crippen molar-refractivity contribution in [2.24, 2.45) is 0 Å². The Morgan fingerprint density at radius 1 is 1.56 bits per heavy atom. The van der Waals surface area contributed by atoms with Crippen molar-refractivity contribution in [2.45, 2.75) is 19.0 Å². The Hall–Kier alpha value is -0.940. The largest absolute Gasteiger partial charge is 0.298 e. The van der Waals surface area contributed by atoms with Gasteiger partial charge in [0.05, 0.1) is 11.5 Å². The molecule has 1 aliphatic heterocycles. The molecule has 1 saturated heterocycles. The fourth-order valence-corrected chi connectivity index (χ4v) is 3.84. The van der Waals surface area contributed by atoms with Crippen molar-refractivity contribution < 1.29 is 8.42 Å². The van der Waals surface area contributed by atoms with Gasteiger partial charge in [-0.1, -0.05) is 6.07 Å². The molecule has 1 aromatic heterocycles. The Kier molecular flexibility index (Phi) is 3.25. The topological polar surface area (TPSA) is 50.3 Å². The number of rotatable bonds is 3. The first-order valence-electron chi connectivity index (χ1n) is 5.36. The molecule has 0 aromatic carbocycles. The van der Waals surface area contributed by atoms with Crippen LogP contribution in [-0.2, 0) is 16.4 Å². The molecule has 4 nitrogen and oxygen atoms in total. The number of sulfone groups is 1. The number of hydrogen-bond donors (Lipinski definition) is 0. The van der Waals surface area contributed by atoms with Crippen LogP contribution in [0.15, 0.2) is 24.5 Å². The number of pyridine rings is 1. The summed E-state index contributed by atoms with van der Waals surface area (Å²) in [5, 5.41) is 0. The van der Waals surface area contributed by atoms with Gasteiger partial charge in [0.15, 0.2) is 9.84 Å². The van der Waals surface area contributed by atoms with E-state index in [0.717, 1.165) is 18.5 Å². The maximum atomic E-state index is 11.4. The molecule has 0 aliphatic carbocycles. The summed E-state index contributed by atoms with van der Waals surface area (Å²) in [6, 6.07) is 4.06. The maximum absolute atomic E-state index is 11.4. The van der Waals surface area contributed by atoms with Crippen LogP contribution >= 0.6 is 0 Å². The van der Waals surface area contributed by atoms with E-state index in [-0.39, 0.29) is 6.04 Å². The van der Waals surface area contributed by atoms with Gasteiger partial charge in [-0.2, -0.15) is 0 Å². The Labute approximate surface area is 96.2 Å². The Morgan fingerprint density at radius 3 is 2.94 bits per heavy atom. The second kappa shape index (κ2) is 4.51. The van der Waals surface area contributed by atoms with Crippen LogP contribution in [0, 0.1) is 0 Å². The molecular formula is C11H16N2O2S. The van der Waals surface area contributed by atoms with Crippen molar-refractivity contribution in [3.05, 3.63) is 30.1 Å². The summed E-state index contributed by atoms with van der Waals surface area (Å²) in [5.74, 6) is 0.624. The molecule has 1 fully saturated rings. The van der Waals surface area contributed by atoms with Crippen LogP contribution < -0.4 is 0 Å². The lowest BCUT2D eigenvalue weighted by molar-refractivity contribution is 0.253. The minimum atomic E-state index is -2.79. The van der Waals surface area contributed by atoms with Gasteiger partial charge >= 0.3 is 0 Å². The minimum absolute atomic E-state index is 0.158. The third-order valence-corrected chi connectivity index (χ3v) is 4.74. The first-order chi connectivity index (χ1) is 7.57. The van der Waals surface area contributed by atoms with Gasteiger partial charge in [-0.05, 0) is 25.1 Å². The summed E-state index contributed by atoms with van der Waals surface area (Å²) in [6.45, 7) is 0.758. The fraction of sp³-hybridized carbons (Fsp3) is 0.545. The van der Waals surface area contributed by atoms with Crippen molar-refractivity contribution in [2.75, 3.05) is 18.6 Å². The first kappa shape index (κ1) is 11.5. The van der Waals surface area contributed by atoms with Gasteiger partial charge < -0.3 is 0 Å². The van der Waals surface area contributed by atoms with Gasteiger partial charge in [0.25, 0.3) is 0 Å². The quantitative estimate of drug-likeness (QED) is 0.780. The van der Waals surface area contributed by atoms with Crippen LogP contribution in [-0.4, -0.2) is 42.9 Å². The molecular weight excluding hydrogens is 224 g/mol. The molecule has 0 spiro atoms. The molecule has 0 N–H and O–H groups in total. The van der Waals surface area contributed by atoms with E-state index in [4.69, 9.17) is 0 Å². The van der Waals surface area contributed by atoms with Crippen LogP contribution in [0.3, 0.4) is 0 Å². The number of nitrogens with zero attached hydrogens (tertiary/aromatic N) is 2. The predicted octanol–water partition coefficient (Wildman–Crippen LogP) is 0.700. The van der Waals surface area contributed by atoms with Crippen LogP contribution in [0.5, 0.6) is 0 Å². The van der Waals surface area contributed by atoms with Crippen molar-refractivity contribution in [3.63, 3.8) is 0 Å². The zero-order valence-electron chi connectivity index (χ0n) is 9.33. The van der Waals surface area contributed by atoms with E-state index in [1.165, 1.54) is 0 Å². The molecule has 1 unspecified atom stereocenters. The molecule has 0 amide bonds. The lowest BCUT2D eigenvalue weighted by atomic mass is 10.2. The third kappa shape index (κ3) is 2.80. The highest BCUT2D eigenvalue weighted by Crippen LogP contribution is 2.17. The average molecular weight is 240 g/mol. The molecule has 0 bridgehead atoms. The van der Waals surface area contributed by atoms with Crippen molar-refractivity contribution in [1.29, 1.82) is 0 Å². The van der Waals surface area contributed by atoms with Gasteiger partial charge in [0, 0.05) is 25.0 Å². The van der Waals surface area contributed by atoms with Crippen LogP contribution in [0.2, 0.25) is 0 Å². The normalized spacial score (nSPS) is 23.8. The number of aromatic nitrogens is 1. The van der Waals surface area contributed by atoms with E-state index in [9.17, 15) is 8.42 Å². The Morgan fingerprint density at radius 2 is 2.38 bits per heavy atom. The molecule has 1 atom stereocenters. The average Bonchev–Trinajstić information content (AvgIpc) is 2.60. The molecule has 0 radical (unpaired) electrons. The fourth-order valence-electron chi connectivity index (χ4n) is 2.03. The van der Waals surface area contributed by atoms with E-state index in [1.807, 2.05) is 25.4 Å². The molecule has 0 saturated carbocycles. The molecule has 2 rings (SSSR count). The highest BCUT2D eigenvalue weighted by Gasteiger charge is 2.30. The summed E-state index contributed by atoms with van der Waals surface area (Å²) in [5.41, 5.74) is 1.12. The lowest BCUT2D eigenvalue weighted by Crippen LogP contribution is -2.32. The summed E-state index contributed by atoms with van der Waals surface area (Å²) >= 11 is 0. The third-order valence-electron chi connectivity index (χ3n) is 2.99. The zero-order chi connectivity index (χ0) is 11.6. The lowest BCUT2D eigenvalue weighted by Gasteiger charge is -2.22. The SMILES string of the molecule is CN(Cc1cccnc1)C1CCS(=O)(=O)C1. The van der Waals surface area contributed by atoms with Gasteiger partial charge in [-0.25, -0.2) is 8.42 Å². The molecule has 2 heterocycles. The highest BCUT2D eigenvalue weighted by molar-refractivity contribution is 7.91. The Bertz CT molecular complexity index is 444. The summed E-state index contributed by atoms with van der Waals surface area (Å²) in [4.78, 5) is 6.15. The van der Waals surface area contributed by atoms with Gasteiger partial charge in [-0.3, -0.25) is 9.88 Å². The molecule has 5 heteroatoms.